The molecule has 0 unspecified atom stereocenters. The van der Waals surface area contributed by atoms with Crippen LogP contribution in [0, 0.1) is 0 Å². The first-order valence-electron chi connectivity index (χ1n) is 10.3. The van der Waals surface area contributed by atoms with Crippen LogP contribution in [0.4, 0.5) is 11.4 Å². The van der Waals surface area contributed by atoms with Crippen molar-refractivity contribution in [3.63, 3.8) is 0 Å². The van der Waals surface area contributed by atoms with Crippen LogP contribution >= 0.6 is 11.3 Å². The van der Waals surface area contributed by atoms with Gasteiger partial charge in [-0.1, -0.05) is 19.9 Å². The fraction of sp³-hybridized carbons (Fsp3) is 0.250. The fourth-order valence-corrected chi connectivity index (χ4v) is 3.59. The number of nitrogens with zero attached hydrogens (tertiary/aromatic N) is 1. The Kier molecular flexibility index (Phi) is 8.20. The van der Waals surface area contributed by atoms with Gasteiger partial charge >= 0.3 is 0 Å². The van der Waals surface area contributed by atoms with E-state index in [2.05, 4.69) is 29.4 Å². The smallest absolute Gasteiger partial charge is 0.265 e. The molecule has 2 aromatic carbocycles. The van der Waals surface area contributed by atoms with Gasteiger partial charge in [0.05, 0.1) is 4.88 Å². The van der Waals surface area contributed by atoms with Crippen molar-refractivity contribution in [2.24, 2.45) is 0 Å². The van der Waals surface area contributed by atoms with Gasteiger partial charge < -0.3 is 20.3 Å². The molecule has 31 heavy (non-hydrogen) atoms. The predicted octanol–water partition coefficient (Wildman–Crippen LogP) is 4.97. The minimum atomic E-state index is -0.216. The van der Waals surface area contributed by atoms with Crippen LogP contribution in [-0.2, 0) is 0 Å². The number of carbonyl (C=O) groups excluding carboxylic acids is 2. The summed E-state index contributed by atoms with van der Waals surface area (Å²) in [5, 5.41) is 7.55. The maximum absolute atomic E-state index is 12.5. The van der Waals surface area contributed by atoms with E-state index in [1.54, 1.807) is 30.3 Å². The summed E-state index contributed by atoms with van der Waals surface area (Å²) in [6.07, 6.45) is 0. The Balaban J connectivity index is 1.50. The number of benzene rings is 2. The number of amides is 2. The van der Waals surface area contributed by atoms with Crippen molar-refractivity contribution < 1.29 is 14.3 Å². The van der Waals surface area contributed by atoms with Crippen molar-refractivity contribution in [3.05, 3.63) is 76.5 Å². The molecule has 0 aliphatic carbocycles. The highest BCUT2D eigenvalue weighted by atomic mass is 32.1. The molecular weight excluding hydrogens is 410 g/mol. The summed E-state index contributed by atoms with van der Waals surface area (Å²) in [4.78, 5) is 27.5. The first-order valence-corrected chi connectivity index (χ1v) is 11.2. The molecule has 0 saturated heterocycles. The number of anilines is 2. The second-order valence-electron chi connectivity index (χ2n) is 6.86. The Hall–Kier alpha value is -3.16. The standard InChI is InChI=1S/C24H27N3O3S/c1-3-27(4-2)15-16-30-21-13-11-20(12-14-21)25-23(28)18-7-9-19(10-8-18)26-24(29)22-6-5-17-31-22/h5-14,17H,3-4,15-16H2,1-2H3,(H,25,28)(H,26,29). The maximum Gasteiger partial charge on any atom is 0.265 e. The summed E-state index contributed by atoms with van der Waals surface area (Å²) < 4.78 is 5.77. The fourth-order valence-electron chi connectivity index (χ4n) is 2.98. The third-order valence-electron chi connectivity index (χ3n) is 4.83. The van der Waals surface area contributed by atoms with Crippen molar-refractivity contribution in [1.29, 1.82) is 0 Å². The molecule has 1 aromatic heterocycles. The predicted molar refractivity (Wildman–Crippen MR) is 126 cm³/mol. The Morgan fingerprint density at radius 3 is 2.06 bits per heavy atom. The molecule has 0 saturated carbocycles. The van der Waals surface area contributed by atoms with Gasteiger partial charge in [0.15, 0.2) is 0 Å². The van der Waals surface area contributed by atoms with Gasteiger partial charge in [-0.05, 0) is 73.1 Å². The molecule has 0 fully saturated rings. The number of hydrogen-bond donors (Lipinski definition) is 2. The van der Waals surface area contributed by atoms with Gasteiger partial charge in [0.25, 0.3) is 11.8 Å². The molecule has 2 N–H and O–H groups in total. The van der Waals surface area contributed by atoms with Gasteiger partial charge in [0.1, 0.15) is 12.4 Å². The van der Waals surface area contributed by atoms with Crippen LogP contribution in [-0.4, -0.2) is 43.0 Å². The molecule has 0 aliphatic heterocycles. The average molecular weight is 438 g/mol. The highest BCUT2D eigenvalue weighted by molar-refractivity contribution is 7.12. The monoisotopic (exact) mass is 437 g/mol. The maximum atomic E-state index is 12.5. The molecule has 0 aliphatic rings. The molecular formula is C24H27N3O3S. The topological polar surface area (TPSA) is 70.7 Å². The lowest BCUT2D eigenvalue weighted by atomic mass is 10.2. The van der Waals surface area contributed by atoms with Gasteiger partial charge in [-0.3, -0.25) is 9.59 Å². The van der Waals surface area contributed by atoms with E-state index in [1.807, 2.05) is 35.7 Å². The minimum Gasteiger partial charge on any atom is -0.492 e. The van der Waals surface area contributed by atoms with E-state index in [-0.39, 0.29) is 11.8 Å². The number of ether oxygens (including phenoxy) is 1. The quantitative estimate of drug-likeness (QED) is 0.470. The summed E-state index contributed by atoms with van der Waals surface area (Å²) in [5.74, 6) is 0.397. The Bertz CT molecular complexity index is 966. The molecule has 0 atom stereocenters. The Labute approximate surface area is 186 Å². The SMILES string of the molecule is CCN(CC)CCOc1ccc(NC(=O)c2ccc(NC(=O)c3cccs3)cc2)cc1. The van der Waals surface area contributed by atoms with Crippen molar-refractivity contribution in [1.82, 2.24) is 4.90 Å². The Morgan fingerprint density at radius 1 is 0.871 bits per heavy atom. The molecule has 0 spiro atoms. The Morgan fingerprint density at radius 2 is 1.48 bits per heavy atom. The highest BCUT2D eigenvalue weighted by Crippen LogP contribution is 2.18. The number of nitrogens with one attached hydrogen (secondary N) is 2. The molecule has 6 nitrogen and oxygen atoms in total. The second kappa shape index (κ2) is 11.3. The van der Waals surface area contributed by atoms with Crippen LogP contribution in [0.2, 0.25) is 0 Å². The highest BCUT2D eigenvalue weighted by Gasteiger charge is 2.09. The minimum absolute atomic E-state index is 0.161. The first kappa shape index (κ1) is 22.5. The summed E-state index contributed by atoms with van der Waals surface area (Å²) in [7, 11) is 0. The molecule has 7 heteroatoms. The zero-order chi connectivity index (χ0) is 22.1. The van der Waals surface area contributed by atoms with Crippen LogP contribution in [0.3, 0.4) is 0 Å². The van der Waals surface area contributed by atoms with Crippen molar-refractivity contribution in [2.45, 2.75) is 13.8 Å². The van der Waals surface area contributed by atoms with E-state index < -0.39 is 0 Å². The zero-order valence-corrected chi connectivity index (χ0v) is 18.6. The molecule has 2 amide bonds. The second-order valence-corrected chi connectivity index (χ2v) is 7.81. The number of hydrogen-bond acceptors (Lipinski definition) is 5. The normalized spacial score (nSPS) is 10.7. The zero-order valence-electron chi connectivity index (χ0n) is 17.8. The third-order valence-corrected chi connectivity index (χ3v) is 5.70. The largest absolute Gasteiger partial charge is 0.492 e. The van der Waals surface area contributed by atoms with E-state index in [1.165, 1.54) is 11.3 Å². The summed E-state index contributed by atoms with van der Waals surface area (Å²) in [5.41, 5.74) is 1.84. The summed E-state index contributed by atoms with van der Waals surface area (Å²) in [6.45, 7) is 7.79. The van der Waals surface area contributed by atoms with Gasteiger partial charge in [0.2, 0.25) is 0 Å². The molecule has 162 valence electrons. The van der Waals surface area contributed by atoms with E-state index >= 15 is 0 Å². The lowest BCUT2D eigenvalue weighted by Gasteiger charge is -2.18. The van der Waals surface area contributed by atoms with E-state index in [9.17, 15) is 9.59 Å². The van der Waals surface area contributed by atoms with Crippen LogP contribution in [0.25, 0.3) is 0 Å². The van der Waals surface area contributed by atoms with Gasteiger partial charge in [0, 0.05) is 23.5 Å². The van der Waals surface area contributed by atoms with Gasteiger partial charge in [-0.25, -0.2) is 0 Å². The molecule has 0 radical (unpaired) electrons. The van der Waals surface area contributed by atoms with Gasteiger partial charge in [-0.2, -0.15) is 0 Å². The molecule has 3 aromatic rings. The van der Waals surface area contributed by atoms with E-state index in [4.69, 9.17) is 4.74 Å². The van der Waals surface area contributed by atoms with Crippen molar-refractivity contribution in [2.75, 3.05) is 36.9 Å². The van der Waals surface area contributed by atoms with Gasteiger partial charge in [-0.15, -0.1) is 11.3 Å². The van der Waals surface area contributed by atoms with Crippen LogP contribution in [0.5, 0.6) is 5.75 Å². The molecule has 3 rings (SSSR count). The summed E-state index contributed by atoms with van der Waals surface area (Å²) in [6, 6.07) is 17.7. The van der Waals surface area contributed by atoms with Crippen LogP contribution in [0.15, 0.2) is 66.0 Å². The lowest BCUT2D eigenvalue weighted by Crippen LogP contribution is -2.27. The van der Waals surface area contributed by atoms with Crippen molar-refractivity contribution >= 4 is 34.5 Å². The first-order chi connectivity index (χ1) is 15.1. The number of thiophene rings is 1. The van der Waals surface area contributed by atoms with Crippen LogP contribution in [0.1, 0.15) is 33.9 Å². The number of carbonyl (C=O) groups is 2. The summed E-state index contributed by atoms with van der Waals surface area (Å²) >= 11 is 1.38. The van der Waals surface area contributed by atoms with E-state index in [0.717, 1.165) is 25.4 Å². The number of likely N-dealkylation sites (N-methyl/N-ethyl adjacent to an activating group) is 1. The molecule has 0 bridgehead atoms. The van der Waals surface area contributed by atoms with Crippen LogP contribution < -0.4 is 15.4 Å². The average Bonchev–Trinajstić information content (AvgIpc) is 3.33. The lowest BCUT2D eigenvalue weighted by molar-refractivity contribution is 0.102. The third kappa shape index (κ3) is 6.67. The van der Waals surface area contributed by atoms with E-state index in [0.29, 0.717) is 28.4 Å². The molecule has 1 heterocycles. The van der Waals surface area contributed by atoms with Crippen molar-refractivity contribution in [3.8, 4) is 5.75 Å². The number of rotatable bonds is 10.